The summed E-state index contributed by atoms with van der Waals surface area (Å²) in [5.74, 6) is 0.737. The quantitative estimate of drug-likeness (QED) is 0.912. The van der Waals surface area contributed by atoms with Crippen molar-refractivity contribution < 1.29 is 9.53 Å². The fraction of sp³-hybridized carbons (Fsp3) is 0.381. The van der Waals surface area contributed by atoms with E-state index in [1.165, 1.54) is 29.7 Å². The first kappa shape index (κ1) is 16.8. The fourth-order valence-electron chi connectivity index (χ4n) is 3.79. The van der Waals surface area contributed by atoms with E-state index >= 15 is 0 Å². The highest BCUT2D eigenvalue weighted by molar-refractivity contribution is 5.89. The maximum absolute atomic E-state index is 12.6. The highest BCUT2D eigenvalue weighted by atomic mass is 16.5. The van der Waals surface area contributed by atoms with E-state index in [9.17, 15) is 4.79 Å². The fourth-order valence-corrected chi connectivity index (χ4v) is 3.79. The number of nitrogens with one attached hydrogen (secondary N) is 1. The molecule has 0 aromatic heterocycles. The summed E-state index contributed by atoms with van der Waals surface area (Å²) >= 11 is 0. The number of amides is 2. The van der Waals surface area contributed by atoms with Crippen LogP contribution < -0.4 is 15.0 Å². The Hall–Kier alpha value is -2.69. The van der Waals surface area contributed by atoms with Gasteiger partial charge in [0, 0.05) is 43.6 Å². The molecule has 26 heavy (non-hydrogen) atoms. The van der Waals surface area contributed by atoms with Crippen LogP contribution in [0.2, 0.25) is 0 Å². The molecule has 0 unspecified atom stereocenters. The number of hydrogen-bond acceptors (Lipinski definition) is 3. The van der Waals surface area contributed by atoms with Gasteiger partial charge in [0.1, 0.15) is 5.75 Å². The molecule has 4 rings (SSSR count). The Labute approximate surface area is 154 Å². The molecular formula is C21H25N3O2. The number of methoxy groups -OCH3 is 1. The predicted molar refractivity (Wildman–Crippen MR) is 104 cm³/mol. The second-order valence-corrected chi connectivity index (χ2v) is 6.98. The van der Waals surface area contributed by atoms with E-state index in [4.69, 9.17) is 4.74 Å². The number of anilines is 2. The molecule has 2 heterocycles. The third kappa shape index (κ3) is 3.47. The minimum atomic E-state index is -0.0625. The molecule has 1 fully saturated rings. The Morgan fingerprint density at radius 1 is 1.04 bits per heavy atom. The Bertz CT molecular complexity index is 800. The summed E-state index contributed by atoms with van der Waals surface area (Å²) in [6.07, 6.45) is 3.48. The van der Waals surface area contributed by atoms with Crippen molar-refractivity contribution in [1.82, 2.24) is 4.90 Å². The van der Waals surface area contributed by atoms with Crippen LogP contribution in [0.25, 0.3) is 0 Å². The zero-order valence-corrected chi connectivity index (χ0v) is 15.2. The van der Waals surface area contributed by atoms with Crippen LogP contribution in [0.1, 0.15) is 24.0 Å². The second kappa shape index (κ2) is 7.28. The lowest BCUT2D eigenvalue weighted by Crippen LogP contribution is -2.39. The molecule has 0 aliphatic carbocycles. The molecule has 2 aromatic carbocycles. The first-order valence-corrected chi connectivity index (χ1v) is 9.30. The lowest BCUT2D eigenvalue weighted by Gasteiger charge is -2.30. The molecular weight excluding hydrogens is 326 g/mol. The van der Waals surface area contributed by atoms with Crippen LogP contribution in [-0.4, -0.2) is 37.7 Å². The van der Waals surface area contributed by atoms with E-state index in [0.717, 1.165) is 37.5 Å². The number of nitrogens with zero attached hydrogens (tertiary/aromatic N) is 2. The molecule has 0 radical (unpaired) electrons. The van der Waals surface area contributed by atoms with Crippen molar-refractivity contribution in [3.63, 3.8) is 0 Å². The maximum atomic E-state index is 12.6. The molecule has 1 N–H and O–H groups in total. The minimum absolute atomic E-state index is 0.0625. The van der Waals surface area contributed by atoms with E-state index in [1.807, 2.05) is 29.2 Å². The molecule has 2 aliphatic heterocycles. The molecule has 5 heteroatoms. The highest BCUT2D eigenvalue weighted by Crippen LogP contribution is 2.27. The summed E-state index contributed by atoms with van der Waals surface area (Å²) in [5.41, 5.74) is 4.71. The minimum Gasteiger partial charge on any atom is -0.497 e. The largest absolute Gasteiger partial charge is 0.497 e. The van der Waals surface area contributed by atoms with Gasteiger partial charge < -0.3 is 19.9 Å². The summed E-state index contributed by atoms with van der Waals surface area (Å²) in [5, 5.41) is 2.97. The van der Waals surface area contributed by atoms with Crippen LogP contribution in [0.4, 0.5) is 16.2 Å². The van der Waals surface area contributed by atoms with Gasteiger partial charge in [0.15, 0.2) is 0 Å². The molecule has 2 amide bonds. The molecule has 0 spiro atoms. The molecule has 1 saturated heterocycles. The van der Waals surface area contributed by atoms with Crippen molar-refractivity contribution in [2.24, 2.45) is 0 Å². The number of urea groups is 1. The molecule has 0 bridgehead atoms. The van der Waals surface area contributed by atoms with Crippen LogP contribution in [0, 0.1) is 0 Å². The van der Waals surface area contributed by atoms with Gasteiger partial charge >= 0.3 is 6.03 Å². The van der Waals surface area contributed by atoms with Gasteiger partial charge in [-0.15, -0.1) is 0 Å². The highest BCUT2D eigenvalue weighted by Gasteiger charge is 2.22. The molecule has 2 aromatic rings. The van der Waals surface area contributed by atoms with Crippen molar-refractivity contribution in [3.8, 4) is 5.75 Å². The van der Waals surface area contributed by atoms with E-state index in [-0.39, 0.29) is 6.03 Å². The van der Waals surface area contributed by atoms with Gasteiger partial charge in [0.2, 0.25) is 0 Å². The normalized spacial score (nSPS) is 16.3. The number of carbonyl (C=O) groups excluding carboxylic acids is 1. The van der Waals surface area contributed by atoms with Gasteiger partial charge in [0.25, 0.3) is 0 Å². The summed E-state index contributed by atoms with van der Waals surface area (Å²) in [7, 11) is 1.62. The topological polar surface area (TPSA) is 44.8 Å². The summed E-state index contributed by atoms with van der Waals surface area (Å²) < 4.78 is 5.21. The molecule has 5 nitrogen and oxygen atoms in total. The van der Waals surface area contributed by atoms with Gasteiger partial charge in [0.05, 0.1) is 7.11 Å². The maximum Gasteiger partial charge on any atom is 0.322 e. The lowest BCUT2D eigenvalue weighted by atomic mass is 9.99. The number of hydrogen-bond donors (Lipinski definition) is 1. The number of fused-ring (bicyclic) bond motifs is 1. The molecule has 2 aliphatic rings. The van der Waals surface area contributed by atoms with Crippen LogP contribution in [-0.2, 0) is 13.0 Å². The summed E-state index contributed by atoms with van der Waals surface area (Å²) in [4.78, 5) is 17.0. The van der Waals surface area contributed by atoms with Gasteiger partial charge in [-0.05, 0) is 54.7 Å². The van der Waals surface area contributed by atoms with Crippen molar-refractivity contribution in [2.75, 3.05) is 37.0 Å². The monoisotopic (exact) mass is 351 g/mol. The number of benzene rings is 2. The Balaban J connectivity index is 1.43. The first-order valence-electron chi connectivity index (χ1n) is 9.30. The van der Waals surface area contributed by atoms with Crippen molar-refractivity contribution in [2.45, 2.75) is 25.8 Å². The third-order valence-corrected chi connectivity index (χ3v) is 5.28. The second-order valence-electron chi connectivity index (χ2n) is 6.98. The van der Waals surface area contributed by atoms with E-state index in [1.54, 1.807) is 7.11 Å². The third-order valence-electron chi connectivity index (χ3n) is 5.28. The first-order chi connectivity index (χ1) is 12.7. The van der Waals surface area contributed by atoms with Crippen LogP contribution in [0.15, 0.2) is 42.5 Å². The standard InChI is InChI=1S/C21H25N3O2/c1-26-20-6-4-5-18(14-20)22-21(25)24-12-9-16-13-19(8-7-17(16)15-24)23-10-2-3-11-23/h4-8,13-14H,2-3,9-12,15H2,1H3,(H,22,25). The van der Waals surface area contributed by atoms with E-state index in [2.05, 4.69) is 28.4 Å². The van der Waals surface area contributed by atoms with E-state index < -0.39 is 0 Å². The lowest BCUT2D eigenvalue weighted by molar-refractivity contribution is 0.206. The van der Waals surface area contributed by atoms with Crippen molar-refractivity contribution in [1.29, 1.82) is 0 Å². The SMILES string of the molecule is COc1cccc(NC(=O)N2CCc3cc(N4CCCC4)ccc3C2)c1. The van der Waals surface area contributed by atoms with Gasteiger partial charge in [-0.2, -0.15) is 0 Å². The van der Waals surface area contributed by atoms with Crippen molar-refractivity contribution in [3.05, 3.63) is 53.6 Å². The Morgan fingerprint density at radius 2 is 1.88 bits per heavy atom. The van der Waals surface area contributed by atoms with Gasteiger partial charge in [-0.1, -0.05) is 12.1 Å². The summed E-state index contributed by atoms with van der Waals surface area (Å²) in [6.45, 7) is 3.72. The van der Waals surface area contributed by atoms with Crippen LogP contribution in [0.3, 0.4) is 0 Å². The molecule has 136 valence electrons. The van der Waals surface area contributed by atoms with Crippen molar-refractivity contribution >= 4 is 17.4 Å². The Kier molecular flexibility index (Phi) is 4.69. The number of ether oxygens (including phenoxy) is 1. The van der Waals surface area contributed by atoms with Crippen LogP contribution >= 0.6 is 0 Å². The van der Waals surface area contributed by atoms with E-state index in [0.29, 0.717) is 6.54 Å². The van der Waals surface area contributed by atoms with Crippen LogP contribution in [0.5, 0.6) is 5.75 Å². The Morgan fingerprint density at radius 3 is 2.69 bits per heavy atom. The zero-order chi connectivity index (χ0) is 17.9. The average Bonchev–Trinajstić information content (AvgIpc) is 3.22. The number of rotatable bonds is 3. The number of carbonyl (C=O) groups is 1. The smallest absolute Gasteiger partial charge is 0.322 e. The average molecular weight is 351 g/mol. The predicted octanol–water partition coefficient (Wildman–Crippen LogP) is 3.89. The van der Waals surface area contributed by atoms with Gasteiger partial charge in [-0.25, -0.2) is 4.79 Å². The zero-order valence-electron chi connectivity index (χ0n) is 15.2. The molecule has 0 saturated carbocycles. The summed E-state index contributed by atoms with van der Waals surface area (Å²) in [6, 6.07) is 14.1. The van der Waals surface area contributed by atoms with Gasteiger partial charge in [-0.3, -0.25) is 0 Å². The molecule has 0 atom stereocenters.